The van der Waals surface area contributed by atoms with Crippen LogP contribution in [-0.2, 0) is 0 Å². The van der Waals surface area contributed by atoms with E-state index in [4.69, 9.17) is 4.52 Å². The number of urea groups is 1. The number of hydrogen-bond donors (Lipinski definition) is 1. The van der Waals surface area contributed by atoms with Crippen molar-refractivity contribution in [3.8, 4) is 11.1 Å². The van der Waals surface area contributed by atoms with Crippen LogP contribution in [0.2, 0.25) is 0 Å². The van der Waals surface area contributed by atoms with Crippen molar-refractivity contribution in [2.24, 2.45) is 0 Å². The molecule has 1 fully saturated rings. The summed E-state index contributed by atoms with van der Waals surface area (Å²) < 4.78 is 32.3. The fourth-order valence-electron chi connectivity index (χ4n) is 3.37. The van der Waals surface area contributed by atoms with Gasteiger partial charge < -0.3 is 14.3 Å². The van der Waals surface area contributed by atoms with Crippen molar-refractivity contribution >= 4 is 17.6 Å². The molecule has 0 saturated carbocycles. The summed E-state index contributed by atoms with van der Waals surface area (Å²) in [6.45, 7) is 4.13. The highest BCUT2D eigenvalue weighted by Gasteiger charge is 2.22. The van der Waals surface area contributed by atoms with E-state index in [-0.39, 0.29) is 6.03 Å². The molecule has 2 amide bonds. The summed E-state index contributed by atoms with van der Waals surface area (Å²) in [6.07, 6.45) is 0. The first-order chi connectivity index (χ1) is 14.0. The van der Waals surface area contributed by atoms with Gasteiger partial charge in [-0.15, -0.1) is 0 Å². The van der Waals surface area contributed by atoms with E-state index in [2.05, 4.69) is 15.4 Å². The molecule has 1 aromatic heterocycles. The van der Waals surface area contributed by atoms with Crippen molar-refractivity contribution in [1.29, 1.82) is 0 Å². The van der Waals surface area contributed by atoms with E-state index in [0.29, 0.717) is 48.9 Å². The summed E-state index contributed by atoms with van der Waals surface area (Å²) >= 11 is 0. The number of carbonyl (C=O) groups excluding carboxylic acids is 1. The van der Waals surface area contributed by atoms with Crippen LogP contribution in [0.4, 0.5) is 25.1 Å². The monoisotopic (exact) mass is 398 g/mol. The van der Waals surface area contributed by atoms with Gasteiger partial charge in [0.2, 0.25) is 5.88 Å². The number of rotatable bonds is 3. The minimum atomic E-state index is -0.600. The molecule has 0 unspecified atom stereocenters. The summed E-state index contributed by atoms with van der Waals surface area (Å²) in [6, 6.07) is 12.5. The first kappa shape index (κ1) is 18.9. The second-order valence-electron chi connectivity index (χ2n) is 6.91. The molecule has 2 heterocycles. The van der Waals surface area contributed by atoms with Crippen LogP contribution in [0, 0.1) is 18.6 Å². The van der Waals surface area contributed by atoms with E-state index in [9.17, 15) is 13.6 Å². The number of nitrogens with zero attached hydrogens (tertiary/aromatic N) is 3. The van der Waals surface area contributed by atoms with Crippen LogP contribution in [0.3, 0.4) is 0 Å². The number of hydrogen-bond acceptors (Lipinski definition) is 4. The van der Waals surface area contributed by atoms with Crippen LogP contribution < -0.4 is 10.2 Å². The molecular weight excluding hydrogens is 378 g/mol. The van der Waals surface area contributed by atoms with Gasteiger partial charge in [0, 0.05) is 49.6 Å². The van der Waals surface area contributed by atoms with Gasteiger partial charge in [-0.25, -0.2) is 13.6 Å². The van der Waals surface area contributed by atoms with Crippen LogP contribution >= 0.6 is 0 Å². The Bertz CT molecular complexity index is 1030. The Morgan fingerprint density at radius 3 is 2.55 bits per heavy atom. The van der Waals surface area contributed by atoms with Gasteiger partial charge in [0.1, 0.15) is 11.6 Å². The molecule has 8 heteroatoms. The largest absolute Gasteiger partial charge is 0.368 e. The van der Waals surface area contributed by atoms with Gasteiger partial charge in [0.05, 0.1) is 5.69 Å². The first-order valence-electron chi connectivity index (χ1n) is 9.29. The molecule has 29 heavy (non-hydrogen) atoms. The Morgan fingerprint density at radius 2 is 1.86 bits per heavy atom. The molecular formula is C21H20F2N4O2. The lowest BCUT2D eigenvalue weighted by molar-refractivity contribution is 0.207. The molecule has 1 aliphatic heterocycles. The molecule has 6 nitrogen and oxygen atoms in total. The number of carbonyl (C=O) groups is 1. The van der Waals surface area contributed by atoms with Crippen LogP contribution in [0.1, 0.15) is 5.69 Å². The Morgan fingerprint density at radius 1 is 1.07 bits per heavy atom. The zero-order chi connectivity index (χ0) is 20.4. The summed E-state index contributed by atoms with van der Waals surface area (Å²) in [7, 11) is 0. The Labute approximate surface area is 166 Å². The standard InChI is InChI=1S/C21H20F2N4O2/c1-14-11-20(29-25-14)24-21(28)27-9-7-26(8-10-27)17-4-2-3-15(12-17)18-6-5-16(22)13-19(18)23/h2-6,11-13H,7-10H2,1H3,(H,24,28). The summed E-state index contributed by atoms with van der Waals surface area (Å²) in [5, 5.41) is 6.44. The number of aromatic nitrogens is 1. The van der Waals surface area contributed by atoms with Gasteiger partial charge >= 0.3 is 6.03 Å². The molecule has 0 bridgehead atoms. The Kier molecular flexibility index (Phi) is 5.16. The number of aryl methyl sites for hydroxylation is 1. The maximum absolute atomic E-state index is 14.1. The maximum Gasteiger partial charge on any atom is 0.324 e. The average Bonchev–Trinajstić information content (AvgIpc) is 3.13. The van der Waals surface area contributed by atoms with Gasteiger partial charge in [0.15, 0.2) is 0 Å². The highest BCUT2D eigenvalue weighted by Crippen LogP contribution is 2.28. The number of halogens is 2. The smallest absolute Gasteiger partial charge is 0.324 e. The van der Waals surface area contributed by atoms with E-state index in [1.54, 1.807) is 24.0 Å². The Balaban J connectivity index is 1.41. The van der Waals surface area contributed by atoms with Gasteiger partial charge in [-0.2, -0.15) is 0 Å². The lowest BCUT2D eigenvalue weighted by Gasteiger charge is -2.36. The maximum atomic E-state index is 14.1. The predicted octanol–water partition coefficient (Wildman–Crippen LogP) is 4.28. The molecule has 0 aliphatic carbocycles. The molecule has 3 aromatic rings. The first-order valence-corrected chi connectivity index (χ1v) is 9.29. The highest BCUT2D eigenvalue weighted by molar-refractivity contribution is 5.88. The van der Waals surface area contributed by atoms with Crippen LogP contribution in [0.15, 0.2) is 53.1 Å². The molecule has 1 saturated heterocycles. The molecule has 0 spiro atoms. The molecule has 0 radical (unpaired) electrons. The highest BCUT2D eigenvalue weighted by atomic mass is 19.1. The van der Waals surface area contributed by atoms with Crippen molar-refractivity contribution in [2.45, 2.75) is 6.92 Å². The van der Waals surface area contributed by atoms with Crippen molar-refractivity contribution < 1.29 is 18.1 Å². The van der Waals surface area contributed by atoms with Crippen molar-refractivity contribution in [3.05, 3.63) is 65.9 Å². The summed E-state index contributed by atoms with van der Waals surface area (Å²) in [5.41, 5.74) is 2.66. The third kappa shape index (κ3) is 4.21. The topological polar surface area (TPSA) is 61.6 Å². The third-order valence-corrected chi connectivity index (χ3v) is 4.88. The number of nitrogens with one attached hydrogen (secondary N) is 1. The third-order valence-electron chi connectivity index (χ3n) is 4.88. The number of anilines is 2. The predicted molar refractivity (Wildman–Crippen MR) is 106 cm³/mol. The molecule has 0 atom stereocenters. The zero-order valence-electron chi connectivity index (χ0n) is 15.9. The lowest BCUT2D eigenvalue weighted by Crippen LogP contribution is -2.50. The van der Waals surface area contributed by atoms with Crippen LogP contribution in [-0.4, -0.2) is 42.3 Å². The Hall–Kier alpha value is -3.42. The van der Waals surface area contributed by atoms with E-state index in [1.165, 1.54) is 12.1 Å². The molecule has 1 aliphatic rings. The van der Waals surface area contributed by atoms with E-state index >= 15 is 0 Å². The number of piperazine rings is 1. The van der Waals surface area contributed by atoms with E-state index in [1.807, 2.05) is 18.2 Å². The van der Waals surface area contributed by atoms with Crippen LogP contribution in [0.5, 0.6) is 0 Å². The minimum Gasteiger partial charge on any atom is -0.368 e. The SMILES string of the molecule is Cc1cc(NC(=O)N2CCN(c3cccc(-c4ccc(F)cc4F)c3)CC2)on1. The minimum absolute atomic E-state index is 0.233. The van der Waals surface area contributed by atoms with Gasteiger partial charge in [-0.3, -0.25) is 5.32 Å². The zero-order valence-corrected chi connectivity index (χ0v) is 15.9. The molecule has 1 N–H and O–H groups in total. The van der Waals surface area contributed by atoms with Gasteiger partial charge in [-0.1, -0.05) is 17.3 Å². The molecule has 4 rings (SSSR count). The van der Waals surface area contributed by atoms with E-state index < -0.39 is 11.6 Å². The molecule has 2 aromatic carbocycles. The van der Waals surface area contributed by atoms with Crippen molar-refractivity contribution in [1.82, 2.24) is 10.1 Å². The summed E-state index contributed by atoms with van der Waals surface area (Å²) in [5.74, 6) is -0.868. The fraction of sp³-hybridized carbons (Fsp3) is 0.238. The van der Waals surface area contributed by atoms with Crippen molar-refractivity contribution in [2.75, 3.05) is 36.4 Å². The quantitative estimate of drug-likeness (QED) is 0.715. The van der Waals surface area contributed by atoms with Gasteiger partial charge in [0.25, 0.3) is 0 Å². The summed E-state index contributed by atoms with van der Waals surface area (Å²) in [4.78, 5) is 16.2. The normalized spacial score (nSPS) is 14.2. The lowest BCUT2D eigenvalue weighted by atomic mass is 10.0. The molecule has 150 valence electrons. The van der Waals surface area contributed by atoms with Gasteiger partial charge in [-0.05, 0) is 36.8 Å². The number of amides is 2. The second kappa shape index (κ2) is 7.90. The second-order valence-corrected chi connectivity index (χ2v) is 6.91. The number of benzene rings is 2. The van der Waals surface area contributed by atoms with Crippen LogP contribution in [0.25, 0.3) is 11.1 Å². The van der Waals surface area contributed by atoms with Crippen molar-refractivity contribution in [3.63, 3.8) is 0 Å². The van der Waals surface area contributed by atoms with E-state index in [0.717, 1.165) is 11.8 Å². The average molecular weight is 398 g/mol. The fourth-order valence-corrected chi connectivity index (χ4v) is 3.37.